The third-order valence-electron chi connectivity index (χ3n) is 4.31. The number of likely N-dealkylation sites (tertiary alicyclic amines) is 1. The average molecular weight is 342 g/mol. The minimum Gasteiger partial charge on any atom is -0.444 e. The predicted molar refractivity (Wildman–Crippen MR) is 93.7 cm³/mol. The maximum Gasteiger partial charge on any atom is 0.407 e. The second-order valence-corrected chi connectivity index (χ2v) is 8.06. The number of nitrogens with one attached hydrogen (secondary N) is 1. The molecule has 0 aliphatic carbocycles. The van der Waals surface area contributed by atoms with Crippen molar-refractivity contribution in [2.24, 2.45) is 5.92 Å². The number of carbonyl (C=O) groups is 2. The van der Waals surface area contributed by atoms with Crippen LogP contribution in [0.3, 0.4) is 0 Å². The molecule has 6 heteroatoms. The van der Waals surface area contributed by atoms with Crippen molar-refractivity contribution in [1.29, 1.82) is 0 Å². The van der Waals surface area contributed by atoms with Crippen molar-refractivity contribution in [3.63, 3.8) is 0 Å². The van der Waals surface area contributed by atoms with Crippen LogP contribution in [0.15, 0.2) is 0 Å². The Morgan fingerprint density at radius 1 is 1.29 bits per heavy atom. The Balaban J connectivity index is 2.38. The zero-order valence-electron chi connectivity index (χ0n) is 15.9. The number of carbonyl (C=O) groups excluding carboxylic acids is 2. The molecule has 1 aliphatic rings. The van der Waals surface area contributed by atoms with Gasteiger partial charge < -0.3 is 20.1 Å². The van der Waals surface area contributed by atoms with Gasteiger partial charge in [-0.3, -0.25) is 4.79 Å². The van der Waals surface area contributed by atoms with Gasteiger partial charge in [0, 0.05) is 26.1 Å². The van der Waals surface area contributed by atoms with Gasteiger partial charge in [0.1, 0.15) is 5.60 Å². The van der Waals surface area contributed by atoms with Crippen LogP contribution < -0.4 is 5.32 Å². The van der Waals surface area contributed by atoms with Crippen LogP contribution in [-0.2, 0) is 9.53 Å². The normalized spacial score (nSPS) is 18.8. The predicted octanol–water partition coefficient (Wildman–Crippen LogP) is 2.69. The topological polar surface area (TPSA) is 78.9 Å². The molecule has 24 heavy (non-hydrogen) atoms. The van der Waals surface area contributed by atoms with Crippen molar-refractivity contribution in [2.45, 2.75) is 77.9 Å². The molecule has 0 aromatic carbocycles. The van der Waals surface area contributed by atoms with Crippen LogP contribution >= 0.6 is 0 Å². The molecule has 6 nitrogen and oxygen atoms in total. The van der Waals surface area contributed by atoms with Crippen molar-refractivity contribution >= 4 is 12.0 Å². The lowest BCUT2D eigenvalue weighted by Crippen LogP contribution is -2.52. The molecule has 140 valence electrons. The van der Waals surface area contributed by atoms with Crippen LogP contribution in [0.5, 0.6) is 0 Å². The molecule has 1 fully saturated rings. The molecule has 0 saturated carbocycles. The molecule has 1 atom stereocenters. The van der Waals surface area contributed by atoms with Crippen molar-refractivity contribution in [1.82, 2.24) is 10.2 Å². The number of piperidine rings is 1. The van der Waals surface area contributed by atoms with E-state index in [2.05, 4.69) is 19.2 Å². The molecule has 2 N–H and O–H groups in total. The minimum absolute atomic E-state index is 0.149. The number of nitrogens with zero attached hydrogens (tertiary/aromatic N) is 1. The number of ether oxygens (including phenoxy) is 1. The van der Waals surface area contributed by atoms with Gasteiger partial charge in [0.2, 0.25) is 5.91 Å². The summed E-state index contributed by atoms with van der Waals surface area (Å²) >= 11 is 0. The average Bonchev–Trinajstić information content (AvgIpc) is 2.44. The Hall–Kier alpha value is -1.30. The van der Waals surface area contributed by atoms with Crippen LogP contribution in [0.2, 0.25) is 0 Å². The summed E-state index contributed by atoms with van der Waals surface area (Å²) in [5.74, 6) is 0.565. The number of alkyl carbamates (subject to hydrolysis) is 1. The minimum atomic E-state index is -0.970. The van der Waals surface area contributed by atoms with Crippen LogP contribution in [-0.4, -0.2) is 52.8 Å². The van der Waals surface area contributed by atoms with Gasteiger partial charge in [-0.25, -0.2) is 4.79 Å². The first-order valence-electron chi connectivity index (χ1n) is 9.01. The van der Waals surface area contributed by atoms with E-state index in [0.717, 1.165) is 12.8 Å². The maximum atomic E-state index is 12.3. The zero-order chi connectivity index (χ0) is 18.4. The Kier molecular flexibility index (Phi) is 7.52. The number of aliphatic hydroxyl groups is 1. The van der Waals surface area contributed by atoms with E-state index in [1.165, 1.54) is 0 Å². The highest BCUT2D eigenvalue weighted by Gasteiger charge is 2.34. The van der Waals surface area contributed by atoms with Gasteiger partial charge in [0.15, 0.2) is 0 Å². The van der Waals surface area contributed by atoms with Crippen LogP contribution in [0.25, 0.3) is 0 Å². The van der Waals surface area contributed by atoms with Crippen LogP contribution in [0, 0.1) is 5.92 Å². The lowest BCUT2D eigenvalue weighted by Gasteiger charge is -2.38. The largest absolute Gasteiger partial charge is 0.444 e. The SMILES string of the molecule is CCC[C@H](C)CC(=O)N1CCC(O)(CNC(=O)OC(C)(C)C)CC1. The van der Waals surface area contributed by atoms with Crippen LogP contribution in [0.1, 0.15) is 66.7 Å². The Morgan fingerprint density at radius 3 is 2.38 bits per heavy atom. The highest BCUT2D eigenvalue weighted by molar-refractivity contribution is 5.76. The molecule has 1 aliphatic heterocycles. The van der Waals surface area contributed by atoms with E-state index in [0.29, 0.717) is 38.3 Å². The number of hydrogen-bond donors (Lipinski definition) is 2. The fraction of sp³-hybridized carbons (Fsp3) is 0.889. The summed E-state index contributed by atoms with van der Waals surface area (Å²) < 4.78 is 5.17. The molecular formula is C18H34N2O4. The van der Waals surface area contributed by atoms with Crippen LogP contribution in [0.4, 0.5) is 4.79 Å². The summed E-state index contributed by atoms with van der Waals surface area (Å²) in [6, 6.07) is 0. The van der Waals surface area contributed by atoms with E-state index in [-0.39, 0.29) is 12.5 Å². The summed E-state index contributed by atoms with van der Waals surface area (Å²) in [6.07, 6.45) is 3.13. The van der Waals surface area contributed by atoms with Gasteiger partial charge >= 0.3 is 6.09 Å². The Bertz CT molecular complexity index is 423. The van der Waals surface area contributed by atoms with E-state index in [1.807, 2.05) is 4.90 Å². The van der Waals surface area contributed by atoms with Gasteiger partial charge in [-0.05, 0) is 39.5 Å². The van der Waals surface area contributed by atoms with Gasteiger partial charge in [0.25, 0.3) is 0 Å². The molecule has 0 spiro atoms. The van der Waals surface area contributed by atoms with Crippen molar-refractivity contribution < 1.29 is 19.4 Å². The van der Waals surface area contributed by atoms with Crippen molar-refractivity contribution in [2.75, 3.05) is 19.6 Å². The first-order chi connectivity index (χ1) is 11.0. The maximum absolute atomic E-state index is 12.3. The molecule has 0 unspecified atom stereocenters. The van der Waals surface area contributed by atoms with Gasteiger partial charge in [-0.2, -0.15) is 0 Å². The Labute approximate surface area is 145 Å². The van der Waals surface area contributed by atoms with E-state index < -0.39 is 17.3 Å². The number of amides is 2. The fourth-order valence-electron chi connectivity index (χ4n) is 2.92. The van der Waals surface area contributed by atoms with Gasteiger partial charge in [-0.15, -0.1) is 0 Å². The monoisotopic (exact) mass is 342 g/mol. The molecule has 0 radical (unpaired) electrons. The molecular weight excluding hydrogens is 308 g/mol. The third-order valence-corrected chi connectivity index (χ3v) is 4.31. The second kappa shape index (κ2) is 8.70. The first-order valence-corrected chi connectivity index (χ1v) is 9.01. The smallest absolute Gasteiger partial charge is 0.407 e. The summed E-state index contributed by atoms with van der Waals surface area (Å²) in [7, 11) is 0. The third kappa shape index (κ3) is 7.51. The summed E-state index contributed by atoms with van der Waals surface area (Å²) in [4.78, 5) is 25.8. The highest BCUT2D eigenvalue weighted by atomic mass is 16.6. The van der Waals surface area contributed by atoms with Gasteiger partial charge in [0.05, 0.1) is 5.60 Å². The van der Waals surface area contributed by atoms with Crippen molar-refractivity contribution in [3.8, 4) is 0 Å². The molecule has 1 rings (SSSR count). The summed E-state index contributed by atoms with van der Waals surface area (Å²) in [5.41, 5.74) is -1.53. The summed E-state index contributed by atoms with van der Waals surface area (Å²) in [5, 5.41) is 13.2. The van der Waals surface area contributed by atoms with Gasteiger partial charge in [-0.1, -0.05) is 26.7 Å². The van der Waals surface area contributed by atoms with E-state index in [1.54, 1.807) is 20.8 Å². The molecule has 2 amide bonds. The lowest BCUT2D eigenvalue weighted by atomic mass is 9.90. The molecule has 0 aromatic heterocycles. The van der Waals surface area contributed by atoms with E-state index in [4.69, 9.17) is 4.74 Å². The first kappa shape index (κ1) is 20.7. The number of rotatable bonds is 6. The fourth-order valence-corrected chi connectivity index (χ4v) is 2.92. The number of hydrogen-bond acceptors (Lipinski definition) is 4. The molecule has 1 heterocycles. The zero-order valence-corrected chi connectivity index (χ0v) is 15.9. The highest BCUT2D eigenvalue weighted by Crippen LogP contribution is 2.23. The Morgan fingerprint density at radius 2 is 1.88 bits per heavy atom. The van der Waals surface area contributed by atoms with E-state index >= 15 is 0 Å². The second-order valence-electron chi connectivity index (χ2n) is 8.06. The molecule has 0 bridgehead atoms. The lowest BCUT2D eigenvalue weighted by molar-refractivity contribution is -0.136. The summed E-state index contributed by atoms with van der Waals surface area (Å²) in [6.45, 7) is 10.8. The van der Waals surface area contributed by atoms with E-state index in [9.17, 15) is 14.7 Å². The standard InChI is InChI=1S/C18H34N2O4/c1-6-7-14(2)12-15(21)20-10-8-18(23,9-11-20)13-19-16(22)24-17(3,4)5/h14,23H,6-13H2,1-5H3,(H,19,22)/t14-/m0/s1. The molecule has 0 aromatic rings. The quantitative estimate of drug-likeness (QED) is 0.778. The van der Waals surface area contributed by atoms with Crippen molar-refractivity contribution in [3.05, 3.63) is 0 Å². The molecule has 1 saturated heterocycles.